The maximum Gasteiger partial charge on any atom is 0.319 e. The number of fused-ring (bicyclic) bond motifs is 5. The number of halogens is 1. The lowest BCUT2D eigenvalue weighted by atomic mass is 9.78. The second-order valence-corrected chi connectivity index (χ2v) is 17.5. The highest BCUT2D eigenvalue weighted by atomic mass is 32.1. The number of nitrogens with zero attached hydrogens (tertiary/aromatic N) is 8. The van der Waals surface area contributed by atoms with Gasteiger partial charge < -0.3 is 24.2 Å². The van der Waals surface area contributed by atoms with E-state index in [-0.39, 0.29) is 24.4 Å². The van der Waals surface area contributed by atoms with E-state index < -0.39 is 17.2 Å². The van der Waals surface area contributed by atoms with Gasteiger partial charge in [0.15, 0.2) is 6.23 Å². The summed E-state index contributed by atoms with van der Waals surface area (Å²) in [4.78, 5) is 20.2. The lowest BCUT2D eigenvalue weighted by Gasteiger charge is -2.31. The predicted octanol–water partition coefficient (Wildman–Crippen LogP) is 6.61. The number of thiophene rings is 1. The molecule has 4 atom stereocenters. The summed E-state index contributed by atoms with van der Waals surface area (Å²) in [5.74, 6) is 0.647. The maximum absolute atomic E-state index is 14.7. The number of hydrogen-bond acceptors (Lipinski definition) is 12. The Balaban J connectivity index is 1.25. The highest BCUT2D eigenvalue weighted by Gasteiger charge is 2.49. The number of hydrogen-bond donors (Lipinski definition) is 1. The molecule has 0 aliphatic carbocycles. The van der Waals surface area contributed by atoms with Crippen molar-refractivity contribution in [2.45, 2.75) is 95.2 Å². The lowest BCUT2D eigenvalue weighted by Crippen LogP contribution is -2.43. The number of rotatable bonds is 7. The van der Waals surface area contributed by atoms with E-state index in [1.54, 1.807) is 6.92 Å². The Bertz CT molecular complexity index is 2290. The third kappa shape index (κ3) is 5.99. The summed E-state index contributed by atoms with van der Waals surface area (Å²) in [5.41, 5.74) is 2.13. The molecule has 0 bridgehead atoms. The molecule has 14 heteroatoms. The van der Waals surface area contributed by atoms with Crippen LogP contribution in [0.3, 0.4) is 0 Å². The quantitative estimate of drug-likeness (QED) is 0.193. The number of β-amino-alcohol motifs (C(OH)–C–C–N with tert-alkyl or cyclic N) is 1. The highest BCUT2D eigenvalue weighted by molar-refractivity contribution is 7.26. The molecule has 5 aromatic rings. The fourth-order valence-electron chi connectivity index (χ4n) is 9.44. The Hall–Kier alpha value is -4.00. The second-order valence-electron chi connectivity index (χ2n) is 16.5. The minimum Gasteiger partial charge on any atom is -0.461 e. The molecule has 4 aromatic heterocycles. The third-order valence-electron chi connectivity index (χ3n) is 11.9. The van der Waals surface area contributed by atoms with Gasteiger partial charge in [-0.15, -0.1) is 11.3 Å². The van der Waals surface area contributed by atoms with Gasteiger partial charge in [-0.05, 0) is 89.6 Å². The van der Waals surface area contributed by atoms with Gasteiger partial charge in [0.05, 0.1) is 64.3 Å². The van der Waals surface area contributed by atoms with E-state index in [1.165, 1.54) is 11.3 Å². The molecule has 8 heterocycles. The van der Waals surface area contributed by atoms with E-state index in [0.29, 0.717) is 51.7 Å². The van der Waals surface area contributed by atoms with Crippen LogP contribution in [0, 0.1) is 18.3 Å². The number of pyridine rings is 1. The zero-order valence-electron chi connectivity index (χ0n) is 31.4. The zero-order valence-corrected chi connectivity index (χ0v) is 32.2. The first-order chi connectivity index (χ1) is 26.0. The standard InChI is InChI=1S/C40H47FN8O4S/c1-24-16-28-27(18-44-49(28)29-8-5-6-14-52-29)30(32(24)38(2,3)20-42)33-34-26(9-11-43-33)31-35(47-13-15-51-22-39(4,50)21-47)45-37(46-36(31)54-34)53-23-40-10-7-12-48(40)19-25(41)17-40/h9,11,16,18,25,29,50H,5-8,10,12-15,17,19,21-23H2,1-4H3/t25-,29?,39+,40+/m1/s1. The molecule has 4 saturated heterocycles. The molecule has 12 nitrogen and oxygen atoms in total. The van der Waals surface area contributed by atoms with E-state index in [4.69, 9.17) is 34.3 Å². The van der Waals surface area contributed by atoms with Crippen molar-refractivity contribution >= 4 is 48.4 Å². The summed E-state index contributed by atoms with van der Waals surface area (Å²) < 4.78 is 36.0. The van der Waals surface area contributed by atoms with Crippen LogP contribution in [0.5, 0.6) is 6.01 Å². The van der Waals surface area contributed by atoms with Crippen molar-refractivity contribution in [3.63, 3.8) is 0 Å². The van der Waals surface area contributed by atoms with Crippen LogP contribution >= 0.6 is 11.3 Å². The van der Waals surface area contributed by atoms with Gasteiger partial charge in [0, 0.05) is 48.6 Å². The van der Waals surface area contributed by atoms with Crippen LogP contribution in [0.15, 0.2) is 24.5 Å². The second kappa shape index (κ2) is 13.3. The number of aryl methyl sites for hydroxylation is 1. The van der Waals surface area contributed by atoms with Crippen LogP contribution in [-0.2, 0) is 14.9 Å². The van der Waals surface area contributed by atoms with Gasteiger partial charge in [0.25, 0.3) is 0 Å². The van der Waals surface area contributed by atoms with Gasteiger partial charge in [-0.1, -0.05) is 0 Å². The Morgan fingerprint density at radius 1 is 1.19 bits per heavy atom. The number of anilines is 1. The van der Waals surface area contributed by atoms with Crippen LogP contribution in [0.1, 0.15) is 76.7 Å². The molecule has 1 N–H and O–H groups in total. The van der Waals surface area contributed by atoms with Crippen molar-refractivity contribution in [1.29, 1.82) is 5.26 Å². The normalized spacial score (nSPS) is 26.8. The molecular weight excluding hydrogens is 708 g/mol. The van der Waals surface area contributed by atoms with Gasteiger partial charge in [0.2, 0.25) is 0 Å². The van der Waals surface area contributed by atoms with E-state index in [1.807, 2.05) is 37.0 Å². The summed E-state index contributed by atoms with van der Waals surface area (Å²) in [7, 11) is 0. The van der Waals surface area contributed by atoms with Crippen molar-refractivity contribution in [1.82, 2.24) is 29.6 Å². The maximum atomic E-state index is 14.7. The molecular formula is C40H47FN8O4S. The van der Waals surface area contributed by atoms with E-state index in [0.717, 1.165) is 92.2 Å². The number of ether oxygens (including phenoxy) is 3. The largest absolute Gasteiger partial charge is 0.461 e. The number of alkyl halides is 1. The van der Waals surface area contributed by atoms with Crippen LogP contribution in [0.2, 0.25) is 0 Å². The van der Waals surface area contributed by atoms with Crippen LogP contribution in [0.25, 0.3) is 42.5 Å². The predicted molar refractivity (Wildman–Crippen MR) is 206 cm³/mol. The molecule has 4 fully saturated rings. The number of benzene rings is 1. The van der Waals surface area contributed by atoms with Crippen molar-refractivity contribution in [3.8, 4) is 23.3 Å². The smallest absolute Gasteiger partial charge is 0.319 e. The Labute approximate surface area is 317 Å². The summed E-state index contributed by atoms with van der Waals surface area (Å²) in [6, 6.07) is 6.91. The number of aliphatic hydroxyl groups is 1. The number of aromatic nitrogens is 5. The van der Waals surface area contributed by atoms with E-state index in [9.17, 15) is 14.8 Å². The molecule has 0 spiro atoms. The van der Waals surface area contributed by atoms with Crippen molar-refractivity contribution in [3.05, 3.63) is 35.7 Å². The third-order valence-corrected chi connectivity index (χ3v) is 13.0. The van der Waals surface area contributed by atoms with Crippen molar-refractivity contribution in [2.24, 2.45) is 0 Å². The average Bonchev–Trinajstić information content (AvgIpc) is 3.89. The first-order valence-electron chi connectivity index (χ1n) is 19.2. The van der Waals surface area contributed by atoms with E-state index >= 15 is 0 Å². The van der Waals surface area contributed by atoms with Crippen LogP contribution in [0.4, 0.5) is 10.2 Å². The van der Waals surface area contributed by atoms with E-state index in [2.05, 4.69) is 28.9 Å². The van der Waals surface area contributed by atoms with Crippen molar-refractivity contribution < 1.29 is 23.7 Å². The monoisotopic (exact) mass is 754 g/mol. The topological polar surface area (TPSA) is 135 Å². The fraction of sp³-hybridized carbons (Fsp3) is 0.575. The average molecular weight is 755 g/mol. The molecule has 0 amide bonds. The van der Waals surface area contributed by atoms with Gasteiger partial charge in [-0.25, -0.2) is 9.07 Å². The summed E-state index contributed by atoms with van der Waals surface area (Å²) in [5, 5.41) is 29.4. The minimum atomic E-state index is -1.11. The zero-order chi connectivity index (χ0) is 37.4. The highest BCUT2D eigenvalue weighted by Crippen LogP contribution is 2.48. The molecule has 9 rings (SSSR count). The van der Waals surface area contributed by atoms with Crippen LogP contribution in [-0.4, -0.2) is 105 Å². The first kappa shape index (κ1) is 35.7. The number of nitriles is 1. The molecule has 1 aromatic carbocycles. The van der Waals surface area contributed by atoms with Gasteiger partial charge in [0.1, 0.15) is 29.0 Å². The molecule has 1 unspecified atom stereocenters. The summed E-state index contributed by atoms with van der Waals surface area (Å²) in [6.07, 6.45) is 8.00. The molecule has 4 aliphatic heterocycles. The van der Waals surface area contributed by atoms with Crippen LogP contribution < -0.4 is 9.64 Å². The summed E-state index contributed by atoms with van der Waals surface area (Å²) >= 11 is 1.51. The molecule has 0 saturated carbocycles. The molecule has 284 valence electrons. The Morgan fingerprint density at radius 3 is 2.87 bits per heavy atom. The van der Waals surface area contributed by atoms with Gasteiger partial charge >= 0.3 is 6.01 Å². The SMILES string of the molecule is Cc1cc2c(cnn2C2CCCCO2)c(-c2nccc3c2sc2nc(OC[C@@]45CCCN4C[C@H](F)C5)nc(N4CCOC[C@@](C)(O)C4)c23)c1C(C)(C)C#N. The van der Waals surface area contributed by atoms with Gasteiger partial charge in [-0.2, -0.15) is 20.3 Å². The molecule has 54 heavy (non-hydrogen) atoms. The Morgan fingerprint density at radius 2 is 2.06 bits per heavy atom. The molecule has 4 aliphatic rings. The summed E-state index contributed by atoms with van der Waals surface area (Å²) in [6.45, 7) is 11.5. The fourth-order valence-corrected chi connectivity index (χ4v) is 10.6. The minimum absolute atomic E-state index is 0.159. The lowest BCUT2D eigenvalue weighted by molar-refractivity contribution is -0.0366. The Kier molecular flexibility index (Phi) is 8.81. The first-order valence-corrected chi connectivity index (χ1v) is 20.0. The van der Waals surface area contributed by atoms with Crippen molar-refractivity contribution in [2.75, 3.05) is 57.5 Å². The van der Waals surface area contributed by atoms with Gasteiger partial charge in [-0.3, -0.25) is 9.88 Å². The molecule has 0 radical (unpaired) electrons.